The van der Waals surface area contributed by atoms with Gasteiger partial charge in [0, 0.05) is 44.6 Å². The van der Waals surface area contributed by atoms with Gasteiger partial charge in [0.15, 0.2) is 5.78 Å². The molecule has 8 rings (SSSR count). The van der Waals surface area contributed by atoms with E-state index in [9.17, 15) is 39.3 Å². The smallest absolute Gasteiger partial charge is 0.271 e. The highest BCUT2D eigenvalue weighted by Crippen LogP contribution is 2.41. The molecule has 1 aliphatic rings. The number of likely N-dealkylation sites (tertiary alicyclic amines) is 1. The number of carbonyl (C=O) groups is 5. The molecule has 382 valence electrons. The molecule has 74 heavy (non-hydrogen) atoms. The summed E-state index contributed by atoms with van der Waals surface area (Å²) in [5, 5.41) is 41.1. The Morgan fingerprint density at radius 2 is 1.50 bits per heavy atom. The van der Waals surface area contributed by atoms with Gasteiger partial charge in [0.05, 0.1) is 41.0 Å². The summed E-state index contributed by atoms with van der Waals surface area (Å²) in [6, 6.07) is 30.1. The summed E-state index contributed by atoms with van der Waals surface area (Å²) in [7, 11) is 0. The van der Waals surface area contributed by atoms with Gasteiger partial charge in [-0.1, -0.05) is 57.2 Å². The number of ketones is 1. The quantitative estimate of drug-likeness (QED) is 0.0208. The predicted molar refractivity (Wildman–Crippen MR) is 285 cm³/mol. The average Bonchev–Trinajstić information content (AvgIpc) is 4.12. The number of rotatable bonds is 18. The van der Waals surface area contributed by atoms with Crippen LogP contribution in [0.1, 0.15) is 83.3 Å². The molecule has 2 aromatic heterocycles. The number of hydrazone groups is 1. The Kier molecular flexibility index (Phi) is 16.3. The van der Waals surface area contributed by atoms with Crippen molar-refractivity contribution in [3.8, 4) is 38.1 Å². The first-order valence-electron chi connectivity index (χ1n) is 23.9. The summed E-state index contributed by atoms with van der Waals surface area (Å²) < 4.78 is 12.1. The first-order chi connectivity index (χ1) is 35.4. The standard InChI is InChI=1S/C56H56N6O10S2/c1-32(35-8-12-37(13-9-35)50-33(2)57-31-73-50)59-54(69)45-26-42(65)29-62(45)55(70)52(56(3,4)5)60-47(66)30-71-24-25-72-43-21-6-34(7-22-43)28-58-61-53(68)39-14-10-36(11-15-39)49(67)48-44-23-20-41(64)27-46(44)74-51(48)38-16-18-40(63)19-17-38/h6-23,27-28,31-32,42,45,52,63-65H,24-26,29-30H2,1-5H3,(H,59,69)(H,60,66)(H,61,68). The molecule has 0 radical (unpaired) electrons. The SMILES string of the molecule is Cc1ncsc1-c1ccc(C(C)NC(=O)C2CC(O)CN2C(=O)C(NC(=O)COCCOc2ccc(C=NNC(=O)c3ccc(C(=O)c4c(-c5ccc(O)cc5)sc5cc(O)ccc45)cc3)cc2)C(C)(C)C)cc1. The normalized spacial score (nSPS) is 15.5. The zero-order chi connectivity index (χ0) is 52.7. The van der Waals surface area contributed by atoms with E-state index < -0.39 is 47.2 Å². The van der Waals surface area contributed by atoms with E-state index in [0.29, 0.717) is 32.7 Å². The summed E-state index contributed by atoms with van der Waals surface area (Å²) in [4.78, 5) is 75.2. The second kappa shape index (κ2) is 23.0. The van der Waals surface area contributed by atoms with Crippen molar-refractivity contribution in [1.29, 1.82) is 0 Å². The lowest BCUT2D eigenvalue weighted by Crippen LogP contribution is -2.58. The highest BCUT2D eigenvalue weighted by Gasteiger charge is 2.44. The highest BCUT2D eigenvalue weighted by molar-refractivity contribution is 7.22. The molecule has 18 heteroatoms. The zero-order valence-corrected chi connectivity index (χ0v) is 43.0. The molecule has 4 atom stereocenters. The summed E-state index contributed by atoms with van der Waals surface area (Å²) in [5.41, 5.74) is 8.93. The van der Waals surface area contributed by atoms with E-state index in [-0.39, 0.29) is 61.7 Å². The van der Waals surface area contributed by atoms with Crippen LogP contribution in [0.4, 0.5) is 0 Å². The van der Waals surface area contributed by atoms with E-state index in [0.717, 1.165) is 32.0 Å². The highest BCUT2D eigenvalue weighted by atomic mass is 32.1. The fourth-order valence-electron chi connectivity index (χ4n) is 8.53. The van der Waals surface area contributed by atoms with E-state index >= 15 is 0 Å². The van der Waals surface area contributed by atoms with Gasteiger partial charge >= 0.3 is 0 Å². The maximum atomic E-state index is 14.1. The fraction of sp³-hybridized carbons (Fsp3) is 0.268. The number of aryl methyl sites for hydroxylation is 1. The molecule has 4 unspecified atom stereocenters. The third-order valence-electron chi connectivity index (χ3n) is 12.5. The van der Waals surface area contributed by atoms with Crippen LogP contribution >= 0.6 is 22.7 Å². The van der Waals surface area contributed by atoms with Gasteiger partial charge in [-0.2, -0.15) is 5.10 Å². The van der Waals surface area contributed by atoms with Crippen LogP contribution in [0.15, 0.2) is 126 Å². The minimum atomic E-state index is -1.01. The number of nitrogens with zero attached hydrogens (tertiary/aromatic N) is 3. The van der Waals surface area contributed by atoms with E-state index in [1.807, 2.05) is 58.9 Å². The first kappa shape index (κ1) is 52.5. The molecule has 16 nitrogen and oxygen atoms in total. The lowest BCUT2D eigenvalue weighted by atomic mass is 9.85. The predicted octanol–water partition coefficient (Wildman–Crippen LogP) is 8.17. The van der Waals surface area contributed by atoms with Crippen LogP contribution in [0.25, 0.3) is 31.0 Å². The van der Waals surface area contributed by atoms with Gasteiger partial charge in [0.1, 0.15) is 42.5 Å². The number of fused-ring (bicyclic) bond motifs is 1. The molecular weight excluding hydrogens is 981 g/mol. The Bertz CT molecular complexity index is 3180. The zero-order valence-electron chi connectivity index (χ0n) is 41.3. The van der Waals surface area contributed by atoms with E-state index in [1.165, 1.54) is 28.5 Å². The Morgan fingerprint density at radius 3 is 2.18 bits per heavy atom. The number of aliphatic hydroxyl groups excluding tert-OH is 1. The summed E-state index contributed by atoms with van der Waals surface area (Å²) in [6.07, 6.45) is 0.625. The molecule has 0 aliphatic carbocycles. The van der Waals surface area contributed by atoms with Crippen LogP contribution in [-0.2, 0) is 19.1 Å². The molecule has 0 bridgehead atoms. The molecule has 6 N–H and O–H groups in total. The average molecular weight is 1040 g/mol. The van der Waals surface area contributed by atoms with Crippen molar-refractivity contribution in [3.63, 3.8) is 0 Å². The van der Waals surface area contributed by atoms with Crippen molar-refractivity contribution in [1.82, 2.24) is 25.9 Å². The van der Waals surface area contributed by atoms with Crippen LogP contribution in [0, 0.1) is 12.3 Å². The number of hydrogen-bond acceptors (Lipinski definition) is 14. The van der Waals surface area contributed by atoms with Crippen molar-refractivity contribution < 1.29 is 48.8 Å². The molecule has 3 heterocycles. The molecule has 7 aromatic rings. The van der Waals surface area contributed by atoms with Gasteiger partial charge in [-0.05, 0) is 120 Å². The number of aromatic nitrogens is 1. The molecule has 0 saturated carbocycles. The number of carbonyl (C=O) groups excluding carboxylic acids is 5. The third kappa shape index (κ3) is 12.5. The Labute approximate surface area is 435 Å². The number of hydrogen-bond donors (Lipinski definition) is 6. The Balaban J connectivity index is 0.772. The van der Waals surface area contributed by atoms with E-state index in [1.54, 1.807) is 102 Å². The van der Waals surface area contributed by atoms with Gasteiger partial charge in [0.25, 0.3) is 5.91 Å². The topological polar surface area (TPSA) is 229 Å². The number of ether oxygens (including phenoxy) is 2. The van der Waals surface area contributed by atoms with Gasteiger partial charge in [-0.25, -0.2) is 10.4 Å². The number of nitrogens with one attached hydrogen (secondary N) is 3. The van der Waals surface area contributed by atoms with E-state index in [2.05, 4.69) is 26.1 Å². The van der Waals surface area contributed by atoms with Gasteiger partial charge in [0.2, 0.25) is 17.7 Å². The Morgan fingerprint density at radius 1 is 0.838 bits per heavy atom. The van der Waals surface area contributed by atoms with Crippen LogP contribution in [0.2, 0.25) is 0 Å². The maximum Gasteiger partial charge on any atom is 0.271 e. The maximum absolute atomic E-state index is 14.1. The molecule has 1 aliphatic heterocycles. The van der Waals surface area contributed by atoms with Crippen molar-refractivity contribution in [3.05, 3.63) is 154 Å². The molecule has 1 saturated heterocycles. The lowest BCUT2D eigenvalue weighted by Gasteiger charge is -2.35. The van der Waals surface area contributed by atoms with Crippen LogP contribution in [-0.4, -0.2) is 105 Å². The first-order valence-corrected chi connectivity index (χ1v) is 25.6. The summed E-state index contributed by atoms with van der Waals surface area (Å²) >= 11 is 2.92. The molecule has 1 fully saturated rings. The van der Waals surface area contributed by atoms with Crippen LogP contribution in [0.3, 0.4) is 0 Å². The third-order valence-corrected chi connectivity index (χ3v) is 14.7. The number of thiophene rings is 1. The number of aromatic hydroxyl groups is 2. The van der Waals surface area contributed by atoms with Crippen molar-refractivity contribution >= 4 is 68.4 Å². The van der Waals surface area contributed by atoms with Gasteiger partial charge < -0.3 is 40.3 Å². The molecule has 4 amide bonds. The number of thiazole rings is 1. The monoisotopic (exact) mass is 1040 g/mol. The number of aliphatic hydroxyl groups is 1. The van der Waals surface area contributed by atoms with Gasteiger partial charge in [-0.15, -0.1) is 22.7 Å². The number of β-amino-alcohol motifs (C(OH)–C–C–N with tert-alkyl or cyclic N) is 1. The number of amides is 4. The number of benzene rings is 5. The fourth-order valence-corrected chi connectivity index (χ4v) is 10.6. The van der Waals surface area contributed by atoms with Crippen molar-refractivity contribution in [2.75, 3.05) is 26.4 Å². The van der Waals surface area contributed by atoms with Crippen LogP contribution in [0.5, 0.6) is 17.2 Å². The largest absolute Gasteiger partial charge is 0.508 e. The van der Waals surface area contributed by atoms with E-state index in [4.69, 9.17) is 9.47 Å². The Hall–Kier alpha value is -7.77. The van der Waals surface area contributed by atoms with Crippen LogP contribution < -0.4 is 20.8 Å². The molecular formula is C56H56N6O10S2. The minimum absolute atomic E-state index is 0.0493. The second-order valence-corrected chi connectivity index (χ2v) is 20.9. The van der Waals surface area contributed by atoms with Crippen molar-refractivity contribution in [2.24, 2.45) is 10.5 Å². The number of phenols is 2. The second-order valence-electron chi connectivity index (χ2n) is 19.0. The van der Waals surface area contributed by atoms with Gasteiger partial charge in [-0.3, -0.25) is 24.0 Å². The number of phenolic OH excluding ortho intramolecular Hbond substituents is 2. The molecule has 0 spiro atoms. The molecule has 5 aromatic carbocycles. The summed E-state index contributed by atoms with van der Waals surface area (Å²) in [5.74, 6) is -1.44. The minimum Gasteiger partial charge on any atom is -0.508 e. The van der Waals surface area contributed by atoms with Crippen molar-refractivity contribution in [2.45, 2.75) is 65.3 Å². The lowest BCUT2D eigenvalue weighted by molar-refractivity contribution is -0.144. The summed E-state index contributed by atoms with van der Waals surface area (Å²) in [6.45, 7) is 9.04.